The van der Waals surface area contributed by atoms with Gasteiger partial charge in [-0.2, -0.15) is 0 Å². The minimum Gasteiger partial charge on any atom is -0.383 e. The molecule has 14 heavy (non-hydrogen) atoms. The Labute approximate surface area is 81.8 Å². The van der Waals surface area contributed by atoms with Crippen LogP contribution in [0.25, 0.3) is 11.0 Å². The number of hydrogen-bond donors (Lipinski definition) is 1. The van der Waals surface area contributed by atoms with Crippen molar-refractivity contribution in [2.45, 2.75) is 13.5 Å². The van der Waals surface area contributed by atoms with Gasteiger partial charge >= 0.3 is 0 Å². The first-order valence-corrected chi connectivity index (χ1v) is 4.33. The van der Waals surface area contributed by atoms with Crippen molar-refractivity contribution in [3.63, 3.8) is 0 Å². The zero-order valence-corrected chi connectivity index (χ0v) is 7.86. The predicted molar refractivity (Wildman–Crippen MR) is 55.5 cm³/mol. The summed E-state index contributed by atoms with van der Waals surface area (Å²) in [6, 6.07) is 0. The van der Waals surface area contributed by atoms with Crippen LogP contribution in [-0.4, -0.2) is 14.5 Å². The monoisotopic (exact) mass is 186 g/mol. The fourth-order valence-corrected chi connectivity index (χ4v) is 1.50. The maximum absolute atomic E-state index is 5.74. The van der Waals surface area contributed by atoms with Gasteiger partial charge in [0.15, 0.2) is 0 Å². The third kappa shape index (κ3) is 1.03. The molecule has 0 aliphatic heterocycles. The summed E-state index contributed by atoms with van der Waals surface area (Å²) in [5.41, 5.74) is 7.29. The summed E-state index contributed by atoms with van der Waals surface area (Å²) in [5, 5.41) is 0.775. The van der Waals surface area contributed by atoms with E-state index in [1.54, 1.807) is 0 Å². The van der Waals surface area contributed by atoms with Crippen molar-refractivity contribution in [3.8, 4) is 12.3 Å². The number of rotatable bonds is 1. The molecule has 4 heteroatoms. The maximum Gasteiger partial charge on any atom is 0.146 e. The maximum atomic E-state index is 5.74. The largest absolute Gasteiger partial charge is 0.383 e. The minimum absolute atomic E-state index is 0.440. The molecule has 0 unspecified atom stereocenters. The number of anilines is 1. The summed E-state index contributed by atoms with van der Waals surface area (Å²) in [4.78, 5) is 8.08. The number of aromatic nitrogens is 3. The van der Waals surface area contributed by atoms with Gasteiger partial charge < -0.3 is 10.3 Å². The molecule has 0 saturated heterocycles. The summed E-state index contributed by atoms with van der Waals surface area (Å²) in [6.45, 7) is 2.84. The molecular weight excluding hydrogens is 176 g/mol. The highest BCUT2D eigenvalue weighted by molar-refractivity contribution is 5.92. The SMILES string of the molecule is C#Cc1cn(CC)c2ncnc(N)c12. The van der Waals surface area contributed by atoms with Gasteiger partial charge in [0.1, 0.15) is 17.8 Å². The first-order chi connectivity index (χ1) is 6.77. The van der Waals surface area contributed by atoms with Gasteiger partial charge in [0.2, 0.25) is 0 Å². The normalized spacial score (nSPS) is 10.3. The fraction of sp³-hybridized carbons (Fsp3) is 0.200. The third-order valence-corrected chi connectivity index (χ3v) is 2.18. The summed E-state index contributed by atoms with van der Waals surface area (Å²) >= 11 is 0. The van der Waals surface area contributed by atoms with Crippen molar-refractivity contribution in [1.29, 1.82) is 0 Å². The molecule has 0 fully saturated rings. The molecule has 2 aromatic rings. The molecule has 0 aliphatic carbocycles. The Balaban J connectivity index is 2.91. The molecule has 0 radical (unpaired) electrons. The third-order valence-electron chi connectivity index (χ3n) is 2.18. The van der Waals surface area contributed by atoms with Gasteiger partial charge in [-0.15, -0.1) is 6.42 Å². The fourth-order valence-electron chi connectivity index (χ4n) is 1.50. The van der Waals surface area contributed by atoms with Gasteiger partial charge in [-0.05, 0) is 6.92 Å². The van der Waals surface area contributed by atoms with E-state index >= 15 is 0 Å². The number of hydrogen-bond acceptors (Lipinski definition) is 3. The van der Waals surface area contributed by atoms with E-state index in [1.807, 2.05) is 17.7 Å². The summed E-state index contributed by atoms with van der Waals surface area (Å²) in [5.74, 6) is 3.02. The van der Waals surface area contributed by atoms with E-state index in [1.165, 1.54) is 6.33 Å². The van der Waals surface area contributed by atoms with E-state index in [4.69, 9.17) is 12.2 Å². The van der Waals surface area contributed by atoms with Gasteiger partial charge in [0, 0.05) is 12.7 Å². The van der Waals surface area contributed by atoms with Crippen LogP contribution in [0.15, 0.2) is 12.5 Å². The highest BCUT2D eigenvalue weighted by Crippen LogP contribution is 2.22. The highest BCUT2D eigenvalue weighted by Gasteiger charge is 2.10. The Hall–Kier alpha value is -2.02. The topological polar surface area (TPSA) is 56.7 Å². The van der Waals surface area contributed by atoms with Crippen molar-refractivity contribution in [1.82, 2.24) is 14.5 Å². The Morgan fingerprint density at radius 1 is 1.57 bits per heavy atom. The molecule has 70 valence electrons. The second-order valence-corrected chi connectivity index (χ2v) is 2.93. The summed E-state index contributed by atoms with van der Waals surface area (Å²) < 4.78 is 1.96. The molecule has 2 N–H and O–H groups in total. The van der Waals surface area contributed by atoms with E-state index < -0.39 is 0 Å². The molecule has 0 aliphatic rings. The van der Waals surface area contributed by atoms with E-state index in [0.29, 0.717) is 5.82 Å². The van der Waals surface area contributed by atoms with Crippen LogP contribution in [0.3, 0.4) is 0 Å². The van der Waals surface area contributed by atoms with Crippen LogP contribution in [0.1, 0.15) is 12.5 Å². The average Bonchev–Trinajstić information content (AvgIpc) is 2.57. The van der Waals surface area contributed by atoms with Gasteiger partial charge in [0.25, 0.3) is 0 Å². The minimum atomic E-state index is 0.440. The number of fused-ring (bicyclic) bond motifs is 1. The lowest BCUT2D eigenvalue weighted by Crippen LogP contribution is -1.96. The van der Waals surface area contributed by atoms with Crippen LogP contribution < -0.4 is 5.73 Å². The van der Waals surface area contributed by atoms with Crippen LogP contribution in [0, 0.1) is 12.3 Å². The van der Waals surface area contributed by atoms with Crippen molar-refractivity contribution in [2.24, 2.45) is 0 Å². The molecule has 0 spiro atoms. The number of aryl methyl sites for hydroxylation is 1. The van der Waals surface area contributed by atoms with Crippen molar-refractivity contribution in [3.05, 3.63) is 18.1 Å². The molecule has 2 aromatic heterocycles. The standard InChI is InChI=1S/C10H10N4/c1-3-7-5-14(4-2)10-8(7)9(11)12-6-13-10/h1,5-6H,4H2,2H3,(H2,11,12,13). The lowest BCUT2D eigenvalue weighted by Gasteiger charge is -1.98. The molecular formula is C10H10N4. The zero-order chi connectivity index (χ0) is 10.1. The van der Waals surface area contributed by atoms with Gasteiger partial charge in [-0.3, -0.25) is 0 Å². The van der Waals surface area contributed by atoms with Crippen molar-refractivity contribution in [2.75, 3.05) is 5.73 Å². The molecule has 4 nitrogen and oxygen atoms in total. The Bertz CT molecular complexity index is 519. The number of nitrogens with two attached hydrogens (primary N) is 1. The van der Waals surface area contributed by atoms with Crippen molar-refractivity contribution < 1.29 is 0 Å². The molecule has 0 atom stereocenters. The lowest BCUT2D eigenvalue weighted by molar-refractivity contribution is 0.786. The van der Waals surface area contributed by atoms with E-state index in [2.05, 4.69) is 15.9 Å². The van der Waals surface area contributed by atoms with Gasteiger partial charge in [-0.25, -0.2) is 9.97 Å². The van der Waals surface area contributed by atoms with E-state index in [0.717, 1.165) is 23.1 Å². The average molecular weight is 186 g/mol. The molecule has 2 heterocycles. The van der Waals surface area contributed by atoms with E-state index in [9.17, 15) is 0 Å². The number of terminal acetylenes is 1. The molecule has 0 bridgehead atoms. The lowest BCUT2D eigenvalue weighted by atomic mass is 10.2. The van der Waals surface area contributed by atoms with Gasteiger partial charge in [0.05, 0.1) is 10.9 Å². The number of nitrogens with zero attached hydrogens (tertiary/aromatic N) is 3. The quantitative estimate of drug-likeness (QED) is 0.676. The van der Waals surface area contributed by atoms with Crippen molar-refractivity contribution >= 4 is 16.9 Å². The molecule has 2 rings (SSSR count). The second-order valence-electron chi connectivity index (χ2n) is 2.93. The Morgan fingerprint density at radius 2 is 2.36 bits per heavy atom. The summed E-state index contributed by atoms with van der Waals surface area (Å²) in [6.07, 6.45) is 8.70. The predicted octanol–water partition coefficient (Wildman–Crippen LogP) is 1.01. The number of nitrogen functional groups attached to an aromatic ring is 1. The first kappa shape index (κ1) is 8.57. The molecule has 0 saturated carbocycles. The zero-order valence-electron chi connectivity index (χ0n) is 7.86. The Morgan fingerprint density at radius 3 is 3.00 bits per heavy atom. The highest BCUT2D eigenvalue weighted by atomic mass is 15.1. The summed E-state index contributed by atoms with van der Waals surface area (Å²) in [7, 11) is 0. The van der Waals surface area contributed by atoms with Crippen LogP contribution >= 0.6 is 0 Å². The smallest absolute Gasteiger partial charge is 0.146 e. The van der Waals surface area contributed by atoms with Crippen LogP contribution in [0.5, 0.6) is 0 Å². The molecule has 0 amide bonds. The first-order valence-electron chi connectivity index (χ1n) is 4.33. The van der Waals surface area contributed by atoms with Crippen LogP contribution in [-0.2, 0) is 6.54 Å². The van der Waals surface area contributed by atoms with Crippen LogP contribution in [0.4, 0.5) is 5.82 Å². The Kier molecular flexibility index (Phi) is 1.86. The van der Waals surface area contributed by atoms with E-state index in [-0.39, 0.29) is 0 Å². The second kappa shape index (κ2) is 3.04. The van der Waals surface area contributed by atoms with Gasteiger partial charge in [-0.1, -0.05) is 5.92 Å². The molecule has 0 aromatic carbocycles. The van der Waals surface area contributed by atoms with Crippen LogP contribution in [0.2, 0.25) is 0 Å².